The second-order valence-electron chi connectivity index (χ2n) is 3.82. The van der Waals surface area contributed by atoms with Crippen LogP contribution in [0.4, 0.5) is 13.2 Å². The number of nitrogens with zero attached hydrogens (tertiary/aromatic N) is 2. The van der Waals surface area contributed by atoms with E-state index in [4.69, 9.17) is 23.2 Å². The third kappa shape index (κ3) is 5.32. The zero-order valence-corrected chi connectivity index (χ0v) is 12.2. The van der Waals surface area contributed by atoms with E-state index in [1.807, 2.05) is 6.92 Å². The zero-order valence-electron chi connectivity index (χ0n) is 10.7. The second kappa shape index (κ2) is 7.38. The van der Waals surface area contributed by atoms with E-state index in [-0.39, 0.29) is 17.1 Å². The van der Waals surface area contributed by atoms with Crippen LogP contribution in [0.25, 0.3) is 0 Å². The van der Waals surface area contributed by atoms with E-state index >= 15 is 0 Å². The first kappa shape index (κ1) is 17.4. The molecular weight excluding hydrogens is 328 g/mol. The summed E-state index contributed by atoms with van der Waals surface area (Å²) < 4.78 is 36.2. The third-order valence-electron chi connectivity index (χ3n) is 2.27. The van der Waals surface area contributed by atoms with Crippen molar-refractivity contribution in [2.45, 2.75) is 13.1 Å². The van der Waals surface area contributed by atoms with Crippen LogP contribution >= 0.6 is 23.2 Å². The maximum absolute atomic E-state index is 12.1. The van der Waals surface area contributed by atoms with E-state index in [2.05, 4.69) is 9.97 Å². The summed E-state index contributed by atoms with van der Waals surface area (Å²) in [6.45, 7) is 1.82. The van der Waals surface area contributed by atoms with Crippen LogP contribution in [0.5, 0.6) is 0 Å². The van der Waals surface area contributed by atoms with Gasteiger partial charge in [-0.25, -0.2) is 9.97 Å². The minimum atomic E-state index is -4.45. The molecule has 0 unspecified atom stereocenters. The highest BCUT2D eigenvalue weighted by molar-refractivity contribution is 6.32. The van der Waals surface area contributed by atoms with Gasteiger partial charge in [-0.1, -0.05) is 29.8 Å². The summed E-state index contributed by atoms with van der Waals surface area (Å²) in [4.78, 5) is 17.6. The summed E-state index contributed by atoms with van der Waals surface area (Å²) in [7, 11) is 0. The van der Waals surface area contributed by atoms with Crippen molar-refractivity contribution in [2.75, 3.05) is 0 Å². The van der Waals surface area contributed by atoms with E-state index in [0.717, 1.165) is 17.7 Å². The minimum absolute atomic E-state index is 0.186. The summed E-state index contributed by atoms with van der Waals surface area (Å²) in [6, 6.07) is 4.65. The molecule has 112 valence electrons. The largest absolute Gasteiger partial charge is 0.417 e. The lowest BCUT2D eigenvalue weighted by molar-refractivity contribution is -0.137. The molecule has 0 saturated carbocycles. The Bertz CT molecular complexity index is 633. The van der Waals surface area contributed by atoms with Crippen LogP contribution in [0, 0.1) is 6.92 Å². The maximum atomic E-state index is 12.1. The molecule has 0 radical (unpaired) electrons. The van der Waals surface area contributed by atoms with E-state index in [1.165, 1.54) is 12.1 Å². The highest BCUT2D eigenvalue weighted by Gasteiger charge is 2.32. The molecule has 0 bridgehead atoms. The summed E-state index contributed by atoms with van der Waals surface area (Å²) in [5, 5.41) is 0.598. The van der Waals surface area contributed by atoms with E-state index < -0.39 is 11.7 Å². The molecule has 1 heterocycles. The lowest BCUT2D eigenvalue weighted by Gasteiger charge is -2.07. The number of aryl methyl sites for hydroxylation is 1. The highest BCUT2D eigenvalue weighted by atomic mass is 35.5. The molecule has 3 nitrogen and oxygen atoms in total. The number of halogens is 5. The number of hydrogen-bond acceptors (Lipinski definition) is 3. The fourth-order valence-corrected chi connectivity index (χ4v) is 1.56. The molecule has 2 rings (SSSR count). The molecule has 0 spiro atoms. The highest BCUT2D eigenvalue weighted by Crippen LogP contribution is 2.30. The van der Waals surface area contributed by atoms with E-state index in [9.17, 15) is 18.0 Å². The number of alkyl halides is 3. The van der Waals surface area contributed by atoms with Crippen molar-refractivity contribution in [3.05, 3.63) is 57.6 Å². The molecule has 0 aliphatic heterocycles. The van der Waals surface area contributed by atoms with Gasteiger partial charge < -0.3 is 0 Å². The van der Waals surface area contributed by atoms with Gasteiger partial charge in [0.1, 0.15) is 5.15 Å². The Hall–Kier alpha value is -1.66. The Labute approximate surface area is 128 Å². The van der Waals surface area contributed by atoms with Crippen molar-refractivity contribution in [1.82, 2.24) is 9.97 Å². The molecule has 2 aromatic rings. The van der Waals surface area contributed by atoms with Crippen LogP contribution < -0.4 is 0 Å². The van der Waals surface area contributed by atoms with E-state index in [1.54, 1.807) is 6.20 Å². The predicted molar refractivity (Wildman–Crippen MR) is 73.6 cm³/mol. The van der Waals surface area contributed by atoms with Crippen molar-refractivity contribution < 1.29 is 18.0 Å². The number of aromatic nitrogens is 2. The van der Waals surface area contributed by atoms with Crippen LogP contribution in [-0.2, 0) is 6.18 Å². The lowest BCUT2D eigenvalue weighted by Crippen LogP contribution is -2.08. The molecule has 1 aromatic heterocycles. The van der Waals surface area contributed by atoms with Crippen LogP contribution in [-0.4, -0.2) is 16.3 Å². The van der Waals surface area contributed by atoms with Gasteiger partial charge in [-0.05, 0) is 24.6 Å². The van der Waals surface area contributed by atoms with Crippen LogP contribution in [0.3, 0.4) is 0 Å². The minimum Gasteiger partial charge on any atom is -0.298 e. The van der Waals surface area contributed by atoms with Crippen LogP contribution in [0.15, 0.2) is 30.5 Å². The first-order chi connectivity index (χ1) is 9.75. The van der Waals surface area contributed by atoms with Gasteiger partial charge in [0.15, 0.2) is 6.29 Å². The van der Waals surface area contributed by atoms with Crippen molar-refractivity contribution in [3.8, 4) is 0 Å². The normalized spacial score (nSPS) is 10.6. The first-order valence-electron chi connectivity index (χ1n) is 5.51. The Morgan fingerprint density at radius 2 is 1.81 bits per heavy atom. The maximum Gasteiger partial charge on any atom is 0.417 e. The number of benzene rings is 1. The molecule has 0 saturated heterocycles. The van der Waals surface area contributed by atoms with Gasteiger partial charge in [-0.15, -0.1) is 0 Å². The summed E-state index contributed by atoms with van der Waals surface area (Å²) in [5.41, 5.74) is -0.383. The molecular formula is C13H9Cl2F3N2O. The van der Waals surface area contributed by atoms with Gasteiger partial charge in [-0.3, -0.25) is 4.79 Å². The summed E-state index contributed by atoms with van der Waals surface area (Å²) in [5.74, 6) is 0. The van der Waals surface area contributed by atoms with Gasteiger partial charge in [-0.2, -0.15) is 13.2 Å². The van der Waals surface area contributed by atoms with Crippen LogP contribution in [0.2, 0.25) is 10.4 Å². The fourth-order valence-electron chi connectivity index (χ4n) is 1.26. The number of hydrogen-bond donors (Lipinski definition) is 0. The molecule has 0 aliphatic rings. The number of carbonyl (C=O) groups is 1. The van der Waals surface area contributed by atoms with Crippen molar-refractivity contribution in [3.63, 3.8) is 0 Å². The predicted octanol–water partition coefficient (Wildman–Crippen LogP) is 4.61. The monoisotopic (exact) mass is 336 g/mol. The van der Waals surface area contributed by atoms with Gasteiger partial charge in [0.2, 0.25) is 5.28 Å². The number of rotatable bonds is 1. The molecule has 8 heteroatoms. The molecule has 0 amide bonds. The van der Waals surface area contributed by atoms with Crippen molar-refractivity contribution in [1.29, 1.82) is 0 Å². The van der Waals surface area contributed by atoms with Crippen LogP contribution in [0.1, 0.15) is 21.5 Å². The Morgan fingerprint density at radius 1 is 1.19 bits per heavy atom. The number of carbonyl (C=O) groups excluding carboxylic acids is 1. The molecule has 21 heavy (non-hydrogen) atoms. The zero-order chi connectivity index (χ0) is 16.0. The average Bonchev–Trinajstić information content (AvgIpc) is 2.43. The summed E-state index contributed by atoms with van der Waals surface area (Å²) >= 11 is 11.0. The summed E-state index contributed by atoms with van der Waals surface area (Å²) in [6.07, 6.45) is -2.67. The molecule has 0 atom stereocenters. The topological polar surface area (TPSA) is 42.9 Å². The smallest absolute Gasteiger partial charge is 0.298 e. The second-order valence-corrected chi connectivity index (χ2v) is 4.51. The van der Waals surface area contributed by atoms with Gasteiger partial charge in [0.05, 0.1) is 5.56 Å². The Balaban J connectivity index is 0.000000219. The van der Waals surface area contributed by atoms with Crippen molar-refractivity contribution in [2.24, 2.45) is 0 Å². The van der Waals surface area contributed by atoms with E-state index in [0.29, 0.717) is 5.15 Å². The Morgan fingerprint density at radius 3 is 2.24 bits per heavy atom. The Kier molecular flexibility index (Phi) is 6.11. The van der Waals surface area contributed by atoms with Crippen molar-refractivity contribution >= 4 is 29.5 Å². The molecule has 0 fully saturated rings. The molecule has 0 aliphatic carbocycles. The number of aldehydes is 1. The SMILES string of the molecule is Cc1cnc(Cl)nc1Cl.O=Cc1ccccc1C(F)(F)F. The molecule has 0 N–H and O–H groups in total. The van der Waals surface area contributed by atoms with Gasteiger partial charge >= 0.3 is 6.18 Å². The third-order valence-corrected chi connectivity index (χ3v) is 2.84. The van der Waals surface area contributed by atoms with Gasteiger partial charge in [0, 0.05) is 17.3 Å². The first-order valence-corrected chi connectivity index (χ1v) is 6.27. The lowest BCUT2D eigenvalue weighted by atomic mass is 10.1. The quantitative estimate of drug-likeness (QED) is 0.434. The average molecular weight is 337 g/mol. The molecule has 1 aromatic carbocycles. The fraction of sp³-hybridized carbons (Fsp3) is 0.154. The standard InChI is InChI=1S/C8H5F3O.C5H4Cl2N2/c9-8(10,11)7-4-2-1-3-6(7)5-12;1-3-2-8-5(7)9-4(3)6/h1-5H;2H,1H3. The van der Waals surface area contributed by atoms with Gasteiger partial charge in [0.25, 0.3) is 0 Å².